The van der Waals surface area contributed by atoms with Gasteiger partial charge in [0.1, 0.15) is 5.75 Å². The quantitative estimate of drug-likeness (QED) is 0.473. The van der Waals surface area contributed by atoms with E-state index in [4.69, 9.17) is 25.8 Å². The van der Waals surface area contributed by atoms with Crippen LogP contribution in [0.4, 0.5) is 5.69 Å². The van der Waals surface area contributed by atoms with Crippen LogP contribution in [-0.4, -0.2) is 87.1 Å². The number of nitrogens with zero attached hydrogens (tertiary/aromatic N) is 2. The average molecular weight is 583 g/mol. The van der Waals surface area contributed by atoms with E-state index < -0.39 is 11.9 Å². The zero-order valence-electron chi connectivity index (χ0n) is 19.7. The third-order valence-corrected chi connectivity index (χ3v) is 6.25. The van der Waals surface area contributed by atoms with Crippen molar-refractivity contribution in [2.75, 3.05) is 58.9 Å². The van der Waals surface area contributed by atoms with Crippen LogP contribution in [0.5, 0.6) is 5.75 Å². The number of amides is 2. The summed E-state index contributed by atoms with van der Waals surface area (Å²) in [5.74, 6) is -1.39. The van der Waals surface area contributed by atoms with E-state index in [0.717, 1.165) is 4.47 Å². The second-order valence-corrected chi connectivity index (χ2v) is 9.13. The first kappa shape index (κ1) is 27.4. The van der Waals surface area contributed by atoms with Crippen molar-refractivity contribution in [3.63, 3.8) is 0 Å². The van der Waals surface area contributed by atoms with E-state index in [-0.39, 0.29) is 41.8 Å². The van der Waals surface area contributed by atoms with Crippen molar-refractivity contribution in [3.8, 4) is 5.75 Å². The van der Waals surface area contributed by atoms with Crippen molar-refractivity contribution in [1.82, 2.24) is 9.80 Å². The van der Waals surface area contributed by atoms with Gasteiger partial charge in [-0.05, 0) is 36.4 Å². The van der Waals surface area contributed by atoms with Crippen LogP contribution in [0.15, 0.2) is 40.9 Å². The van der Waals surface area contributed by atoms with Gasteiger partial charge in [0.2, 0.25) is 5.91 Å². The smallest absolute Gasteiger partial charge is 0.339 e. The average Bonchev–Trinajstić information content (AvgIpc) is 2.87. The largest absolute Gasteiger partial charge is 0.482 e. The Labute approximate surface area is 221 Å². The molecule has 1 fully saturated rings. The second-order valence-electron chi connectivity index (χ2n) is 7.81. The van der Waals surface area contributed by atoms with Gasteiger partial charge in [0.15, 0.2) is 6.61 Å². The molecule has 1 heterocycles. The normalized spacial score (nSPS) is 13.6. The fraction of sp³-hybridized carbons (Fsp3) is 0.333. The number of hydrogen-bond acceptors (Lipinski definition) is 8. The number of ether oxygens (including phenoxy) is 3. The Balaban J connectivity index is 1.52. The minimum Gasteiger partial charge on any atom is -0.482 e. The summed E-state index contributed by atoms with van der Waals surface area (Å²) in [6.45, 7) is 1.70. The lowest BCUT2D eigenvalue weighted by Crippen LogP contribution is -2.51. The van der Waals surface area contributed by atoms with Crippen LogP contribution in [0.25, 0.3) is 0 Å². The molecule has 36 heavy (non-hydrogen) atoms. The highest BCUT2D eigenvalue weighted by molar-refractivity contribution is 9.10. The number of piperazine rings is 1. The van der Waals surface area contributed by atoms with E-state index in [1.165, 1.54) is 32.4 Å². The van der Waals surface area contributed by atoms with Crippen molar-refractivity contribution in [2.24, 2.45) is 0 Å². The van der Waals surface area contributed by atoms with Crippen LogP contribution in [0, 0.1) is 0 Å². The molecule has 0 saturated carbocycles. The monoisotopic (exact) mass is 581 g/mol. The lowest BCUT2D eigenvalue weighted by molar-refractivity contribution is -0.135. The van der Waals surface area contributed by atoms with Crippen LogP contribution in [0.2, 0.25) is 5.02 Å². The number of methoxy groups -OCH3 is 2. The molecule has 0 atom stereocenters. The first-order valence-electron chi connectivity index (χ1n) is 10.9. The first-order chi connectivity index (χ1) is 17.2. The number of anilines is 1. The minimum absolute atomic E-state index is 0.0378. The van der Waals surface area contributed by atoms with Gasteiger partial charge in [-0.3, -0.25) is 14.5 Å². The zero-order valence-corrected chi connectivity index (χ0v) is 22.1. The van der Waals surface area contributed by atoms with Gasteiger partial charge in [-0.1, -0.05) is 27.5 Å². The van der Waals surface area contributed by atoms with Gasteiger partial charge < -0.3 is 24.4 Å². The number of esters is 2. The maximum Gasteiger partial charge on any atom is 0.339 e. The van der Waals surface area contributed by atoms with Gasteiger partial charge in [-0.15, -0.1) is 0 Å². The van der Waals surface area contributed by atoms with E-state index in [2.05, 4.69) is 21.2 Å². The molecule has 10 nitrogen and oxygen atoms in total. The summed E-state index contributed by atoms with van der Waals surface area (Å²) < 4.78 is 15.8. The van der Waals surface area contributed by atoms with Crippen molar-refractivity contribution in [3.05, 3.63) is 57.0 Å². The van der Waals surface area contributed by atoms with Gasteiger partial charge in [0.05, 0.1) is 42.6 Å². The van der Waals surface area contributed by atoms with Gasteiger partial charge in [0, 0.05) is 30.7 Å². The maximum absolute atomic E-state index is 12.7. The van der Waals surface area contributed by atoms with Crippen LogP contribution in [0.1, 0.15) is 20.7 Å². The van der Waals surface area contributed by atoms with Crippen LogP contribution in [0.3, 0.4) is 0 Å². The predicted molar refractivity (Wildman–Crippen MR) is 135 cm³/mol. The minimum atomic E-state index is -0.652. The van der Waals surface area contributed by atoms with E-state index >= 15 is 0 Å². The van der Waals surface area contributed by atoms with Gasteiger partial charge >= 0.3 is 11.9 Å². The summed E-state index contributed by atoms with van der Waals surface area (Å²) in [4.78, 5) is 52.7. The third kappa shape index (κ3) is 7.19. The Morgan fingerprint density at radius 2 is 1.67 bits per heavy atom. The lowest BCUT2D eigenvalue weighted by atomic mass is 10.1. The number of rotatable bonds is 8. The highest BCUT2D eigenvalue weighted by Crippen LogP contribution is 2.27. The fourth-order valence-corrected chi connectivity index (χ4v) is 4.28. The summed E-state index contributed by atoms with van der Waals surface area (Å²) >= 11 is 9.44. The van der Waals surface area contributed by atoms with E-state index in [9.17, 15) is 19.2 Å². The summed E-state index contributed by atoms with van der Waals surface area (Å²) in [5.41, 5.74) is 0.436. The third-order valence-electron chi connectivity index (χ3n) is 5.46. The summed E-state index contributed by atoms with van der Waals surface area (Å²) in [5, 5.41) is 3.07. The number of nitrogens with one attached hydrogen (secondary N) is 1. The Hall–Kier alpha value is -3.15. The van der Waals surface area contributed by atoms with Gasteiger partial charge in [-0.25, -0.2) is 9.59 Å². The molecule has 0 unspecified atom stereocenters. The number of hydrogen-bond donors (Lipinski definition) is 1. The Bertz CT molecular complexity index is 1150. The topological polar surface area (TPSA) is 114 Å². The molecule has 1 saturated heterocycles. The fourth-order valence-electron chi connectivity index (χ4n) is 3.55. The molecule has 0 bridgehead atoms. The SMILES string of the molecule is COC(=O)c1ccc(C(=O)OC)c(NC(=O)CN2CCN(C(=O)COc3ccc(Br)cc3Cl)CC2)c1. The molecule has 2 aromatic rings. The zero-order chi connectivity index (χ0) is 26.2. The Morgan fingerprint density at radius 1 is 0.972 bits per heavy atom. The Morgan fingerprint density at radius 3 is 2.31 bits per heavy atom. The molecule has 0 aromatic heterocycles. The molecule has 0 spiro atoms. The number of carbonyl (C=O) groups excluding carboxylic acids is 4. The number of carbonyl (C=O) groups is 4. The van der Waals surface area contributed by atoms with Crippen molar-refractivity contribution >= 4 is 57.0 Å². The highest BCUT2D eigenvalue weighted by atomic mass is 79.9. The molecule has 1 aliphatic rings. The van der Waals surface area contributed by atoms with Crippen LogP contribution >= 0.6 is 27.5 Å². The summed E-state index contributed by atoms with van der Waals surface area (Å²) in [6.07, 6.45) is 0. The van der Waals surface area contributed by atoms with Gasteiger partial charge in [0.25, 0.3) is 5.91 Å². The molecular weight excluding hydrogens is 558 g/mol. The molecule has 192 valence electrons. The molecule has 3 rings (SSSR count). The summed E-state index contributed by atoms with van der Waals surface area (Å²) in [6, 6.07) is 9.31. The van der Waals surface area contributed by atoms with E-state index in [1.807, 2.05) is 4.90 Å². The highest BCUT2D eigenvalue weighted by Gasteiger charge is 2.24. The standard InChI is InChI=1S/C24H25BrClN3O7/c1-34-23(32)15-3-5-17(24(33)35-2)19(11-15)27-21(30)13-28-7-9-29(10-8-28)22(31)14-36-20-6-4-16(25)12-18(20)26/h3-6,11-12H,7-10,13-14H2,1-2H3,(H,27,30). The second kappa shape index (κ2) is 12.7. The molecule has 12 heteroatoms. The van der Waals surface area contributed by atoms with E-state index in [1.54, 1.807) is 23.1 Å². The molecule has 1 aliphatic heterocycles. The summed E-state index contributed by atoms with van der Waals surface area (Å²) in [7, 11) is 2.46. The van der Waals surface area contributed by atoms with Crippen molar-refractivity contribution in [2.45, 2.75) is 0 Å². The number of halogens is 2. The maximum atomic E-state index is 12.7. The van der Waals surface area contributed by atoms with E-state index in [0.29, 0.717) is 37.0 Å². The van der Waals surface area contributed by atoms with Gasteiger partial charge in [-0.2, -0.15) is 0 Å². The van der Waals surface area contributed by atoms with Crippen LogP contribution < -0.4 is 10.1 Å². The number of benzene rings is 2. The van der Waals surface area contributed by atoms with Crippen molar-refractivity contribution in [1.29, 1.82) is 0 Å². The molecule has 2 amide bonds. The van der Waals surface area contributed by atoms with Crippen molar-refractivity contribution < 1.29 is 33.4 Å². The lowest BCUT2D eigenvalue weighted by Gasteiger charge is -2.34. The van der Waals surface area contributed by atoms with Crippen LogP contribution in [-0.2, 0) is 19.1 Å². The molecule has 2 aromatic carbocycles. The molecular formula is C24H25BrClN3O7. The molecule has 1 N–H and O–H groups in total. The first-order valence-corrected chi connectivity index (χ1v) is 12.1. The Kier molecular flexibility index (Phi) is 9.68. The molecule has 0 radical (unpaired) electrons. The predicted octanol–water partition coefficient (Wildman–Crippen LogP) is 2.84. The molecule has 0 aliphatic carbocycles.